The summed E-state index contributed by atoms with van der Waals surface area (Å²) < 4.78 is 48.7. The van der Waals surface area contributed by atoms with Crippen molar-refractivity contribution in [2.75, 3.05) is 0 Å². The summed E-state index contributed by atoms with van der Waals surface area (Å²) in [5.74, 6) is -4.67. The second-order valence-electron chi connectivity index (χ2n) is 5.13. The van der Waals surface area contributed by atoms with Crippen molar-refractivity contribution in [3.8, 4) is 0 Å². The number of carbonyl (C=O) groups excluding carboxylic acids is 2. The van der Waals surface area contributed by atoms with E-state index in [1.165, 1.54) is 19.1 Å². The van der Waals surface area contributed by atoms with Crippen LogP contribution in [0, 0.1) is 0 Å². The van der Waals surface area contributed by atoms with E-state index >= 15 is 0 Å². The van der Waals surface area contributed by atoms with E-state index < -0.39 is 30.3 Å². The lowest BCUT2D eigenvalue weighted by Gasteiger charge is -2.27. The van der Waals surface area contributed by atoms with E-state index in [1.54, 1.807) is 12.1 Å². The Labute approximate surface area is 135 Å². The van der Waals surface area contributed by atoms with Gasteiger partial charge in [0, 0.05) is 13.8 Å². The average molecular weight is 345 g/mol. The van der Waals surface area contributed by atoms with Gasteiger partial charge in [0.1, 0.15) is 6.61 Å². The fourth-order valence-electron chi connectivity index (χ4n) is 2.04. The normalized spacial score (nSPS) is 20.1. The van der Waals surface area contributed by atoms with Gasteiger partial charge in [-0.05, 0) is 11.1 Å². The molecule has 1 atom stereocenters. The maximum atomic E-state index is 13.2. The second kappa shape index (κ2) is 6.50. The number of halogens is 3. The maximum absolute atomic E-state index is 13.2. The summed E-state index contributed by atoms with van der Waals surface area (Å²) in [6.45, 7) is 2.18. The highest BCUT2D eigenvalue weighted by atomic mass is 19.4. The highest BCUT2D eigenvalue weighted by molar-refractivity contribution is 6.01. The van der Waals surface area contributed by atoms with Gasteiger partial charge in [0.25, 0.3) is 0 Å². The van der Waals surface area contributed by atoms with E-state index in [0.29, 0.717) is 11.1 Å². The predicted molar refractivity (Wildman–Crippen MR) is 74.7 cm³/mol. The summed E-state index contributed by atoms with van der Waals surface area (Å²) >= 11 is 0. The molecule has 6 nitrogen and oxygen atoms in total. The van der Waals surface area contributed by atoms with E-state index in [2.05, 4.69) is 14.7 Å². The van der Waals surface area contributed by atoms with Gasteiger partial charge in [0.15, 0.2) is 0 Å². The van der Waals surface area contributed by atoms with Crippen LogP contribution in [0.25, 0.3) is 0 Å². The maximum Gasteiger partial charge on any atom is 0.470 e. The van der Waals surface area contributed by atoms with E-state index in [-0.39, 0.29) is 12.3 Å². The van der Waals surface area contributed by atoms with Crippen molar-refractivity contribution < 1.29 is 37.1 Å². The molecule has 0 aromatic heterocycles. The van der Waals surface area contributed by atoms with Gasteiger partial charge < -0.3 is 14.3 Å². The van der Waals surface area contributed by atoms with Crippen LogP contribution in [0.2, 0.25) is 0 Å². The summed E-state index contributed by atoms with van der Waals surface area (Å²) in [6, 6.07) is 6.20. The number of nitrogens with zero attached hydrogens (tertiary/aromatic N) is 1. The summed E-state index contributed by atoms with van der Waals surface area (Å²) in [5, 5.41) is 3.42. The molecule has 1 unspecified atom stereocenters. The third-order valence-corrected chi connectivity index (χ3v) is 3.17. The number of hydrogen-bond donors (Lipinski definition) is 0. The van der Waals surface area contributed by atoms with E-state index in [1.807, 2.05) is 0 Å². The molecule has 0 N–H and O–H groups in total. The summed E-state index contributed by atoms with van der Waals surface area (Å²) in [6.07, 6.45) is -5.68. The van der Waals surface area contributed by atoms with Crippen molar-refractivity contribution in [1.82, 2.24) is 0 Å². The topological polar surface area (TPSA) is 74.2 Å². The van der Waals surface area contributed by atoms with Gasteiger partial charge >= 0.3 is 23.9 Å². The molecule has 0 saturated carbocycles. The third kappa shape index (κ3) is 3.84. The van der Waals surface area contributed by atoms with Crippen LogP contribution in [0.3, 0.4) is 0 Å². The molecular formula is C15H14F3NO5. The van der Waals surface area contributed by atoms with Gasteiger partial charge in [0.2, 0.25) is 0 Å². The Morgan fingerprint density at radius 3 is 2.33 bits per heavy atom. The SMILES string of the molecule is CC(=O)OCc1ccc(C2=NOC(OC(C)=O)(C(F)(F)F)C2)cc1. The molecule has 24 heavy (non-hydrogen) atoms. The number of hydrogen-bond acceptors (Lipinski definition) is 6. The van der Waals surface area contributed by atoms with E-state index in [9.17, 15) is 22.8 Å². The molecule has 0 radical (unpaired) electrons. The van der Waals surface area contributed by atoms with Crippen molar-refractivity contribution in [2.45, 2.75) is 38.8 Å². The van der Waals surface area contributed by atoms with Crippen molar-refractivity contribution >= 4 is 17.7 Å². The molecule has 9 heteroatoms. The van der Waals surface area contributed by atoms with Crippen LogP contribution in [-0.4, -0.2) is 29.6 Å². The monoisotopic (exact) mass is 345 g/mol. The Morgan fingerprint density at radius 2 is 1.83 bits per heavy atom. The van der Waals surface area contributed by atoms with Crippen LogP contribution in [0.4, 0.5) is 13.2 Å². The summed E-state index contributed by atoms with van der Waals surface area (Å²) in [4.78, 5) is 26.2. The fourth-order valence-corrected chi connectivity index (χ4v) is 2.04. The molecule has 2 rings (SSSR count). The van der Waals surface area contributed by atoms with Gasteiger partial charge in [-0.2, -0.15) is 13.2 Å². The number of oxime groups is 1. The fraction of sp³-hybridized carbons (Fsp3) is 0.400. The van der Waals surface area contributed by atoms with E-state index in [0.717, 1.165) is 6.92 Å². The summed E-state index contributed by atoms with van der Waals surface area (Å²) in [7, 11) is 0. The smallest absolute Gasteiger partial charge is 0.461 e. The lowest BCUT2D eigenvalue weighted by Crippen LogP contribution is -2.49. The number of rotatable bonds is 4. The van der Waals surface area contributed by atoms with Crippen LogP contribution in [0.15, 0.2) is 29.4 Å². The number of benzene rings is 1. The van der Waals surface area contributed by atoms with E-state index in [4.69, 9.17) is 4.74 Å². The predicted octanol–water partition coefficient (Wildman–Crippen LogP) is 2.70. The molecular weight excluding hydrogens is 331 g/mol. The zero-order valence-electron chi connectivity index (χ0n) is 12.8. The lowest BCUT2D eigenvalue weighted by atomic mass is 10.0. The third-order valence-electron chi connectivity index (χ3n) is 3.17. The Kier molecular flexibility index (Phi) is 4.81. The first-order chi connectivity index (χ1) is 11.1. The second-order valence-corrected chi connectivity index (χ2v) is 5.13. The molecule has 0 spiro atoms. The van der Waals surface area contributed by atoms with Crippen LogP contribution in [0.1, 0.15) is 31.4 Å². The molecule has 0 amide bonds. The zero-order chi connectivity index (χ0) is 18.0. The highest BCUT2D eigenvalue weighted by Crippen LogP contribution is 2.42. The largest absolute Gasteiger partial charge is 0.470 e. The minimum absolute atomic E-state index is 0.00684. The number of ether oxygens (including phenoxy) is 2. The van der Waals surface area contributed by atoms with Crippen molar-refractivity contribution in [1.29, 1.82) is 0 Å². The molecule has 1 heterocycles. The Balaban J connectivity index is 2.14. The zero-order valence-corrected chi connectivity index (χ0v) is 12.8. The van der Waals surface area contributed by atoms with Gasteiger partial charge in [-0.3, -0.25) is 9.59 Å². The number of carbonyl (C=O) groups is 2. The standard InChI is InChI=1S/C15H14F3NO5/c1-9(20)22-8-11-3-5-12(6-4-11)13-7-14(24-19-13,15(16,17)18)23-10(2)21/h3-6H,7-8H2,1-2H3. The lowest BCUT2D eigenvalue weighted by molar-refractivity contribution is -0.357. The summed E-state index contributed by atoms with van der Waals surface area (Å²) in [5.41, 5.74) is 1.03. The molecule has 130 valence electrons. The minimum Gasteiger partial charge on any atom is -0.461 e. The molecule has 1 aliphatic heterocycles. The first-order valence-electron chi connectivity index (χ1n) is 6.87. The average Bonchev–Trinajstić information content (AvgIpc) is 2.90. The molecule has 0 saturated heterocycles. The molecule has 1 aromatic rings. The number of alkyl halides is 3. The number of esters is 2. The Hall–Kier alpha value is -2.58. The van der Waals surface area contributed by atoms with Crippen LogP contribution in [0.5, 0.6) is 0 Å². The van der Waals surface area contributed by atoms with Crippen LogP contribution in [-0.2, 0) is 30.5 Å². The van der Waals surface area contributed by atoms with Gasteiger partial charge in [0.05, 0.1) is 12.1 Å². The highest BCUT2D eigenvalue weighted by Gasteiger charge is 2.64. The van der Waals surface area contributed by atoms with Crippen molar-refractivity contribution in [2.24, 2.45) is 5.16 Å². The quantitative estimate of drug-likeness (QED) is 0.785. The molecule has 0 aliphatic carbocycles. The van der Waals surface area contributed by atoms with Gasteiger partial charge in [-0.25, -0.2) is 0 Å². The van der Waals surface area contributed by atoms with Crippen molar-refractivity contribution in [3.63, 3.8) is 0 Å². The first kappa shape index (κ1) is 17.8. The molecule has 1 aromatic carbocycles. The Morgan fingerprint density at radius 1 is 1.21 bits per heavy atom. The Bertz CT molecular complexity index is 669. The molecule has 1 aliphatic rings. The minimum atomic E-state index is -4.93. The van der Waals surface area contributed by atoms with Crippen molar-refractivity contribution in [3.05, 3.63) is 35.4 Å². The van der Waals surface area contributed by atoms with Crippen LogP contribution >= 0.6 is 0 Å². The molecule has 0 fully saturated rings. The first-order valence-corrected chi connectivity index (χ1v) is 6.87. The van der Waals surface area contributed by atoms with Gasteiger partial charge in [-0.1, -0.05) is 29.4 Å². The molecule has 0 bridgehead atoms. The van der Waals surface area contributed by atoms with Gasteiger partial charge in [-0.15, -0.1) is 0 Å². The van der Waals surface area contributed by atoms with Crippen LogP contribution < -0.4 is 0 Å².